The highest BCUT2D eigenvalue weighted by atomic mass is 79.9. The number of amides is 2. The van der Waals surface area contributed by atoms with Gasteiger partial charge in [0.25, 0.3) is 11.8 Å². The number of hydrazine groups is 1. The highest BCUT2D eigenvalue weighted by molar-refractivity contribution is 9.10. The summed E-state index contributed by atoms with van der Waals surface area (Å²) in [6.45, 7) is -0.269. The van der Waals surface area contributed by atoms with Gasteiger partial charge in [0.15, 0.2) is 6.61 Å². The number of halogens is 3. The SMILES string of the molecule is O=C(/C=C/c1ccccc1Cl)NNC(=O)COc1ccc(Cl)cc1Br. The van der Waals surface area contributed by atoms with Gasteiger partial charge in [-0.25, -0.2) is 0 Å². The number of hydrogen-bond donors (Lipinski definition) is 2. The Morgan fingerprint density at radius 1 is 1.12 bits per heavy atom. The molecule has 2 aromatic carbocycles. The maximum Gasteiger partial charge on any atom is 0.276 e. The molecule has 0 spiro atoms. The summed E-state index contributed by atoms with van der Waals surface area (Å²) in [7, 11) is 0. The summed E-state index contributed by atoms with van der Waals surface area (Å²) in [6, 6.07) is 12.0. The summed E-state index contributed by atoms with van der Waals surface area (Å²) < 4.78 is 5.95. The Labute approximate surface area is 163 Å². The van der Waals surface area contributed by atoms with Crippen LogP contribution in [0.25, 0.3) is 6.08 Å². The van der Waals surface area contributed by atoms with E-state index in [1.807, 2.05) is 0 Å². The summed E-state index contributed by atoms with van der Waals surface area (Å²) in [6.07, 6.45) is 2.81. The van der Waals surface area contributed by atoms with Crippen molar-refractivity contribution in [1.29, 1.82) is 0 Å². The van der Waals surface area contributed by atoms with Crippen LogP contribution in [0.15, 0.2) is 53.0 Å². The highest BCUT2D eigenvalue weighted by Crippen LogP contribution is 2.27. The molecule has 0 unspecified atom stereocenters. The van der Waals surface area contributed by atoms with Gasteiger partial charge >= 0.3 is 0 Å². The van der Waals surface area contributed by atoms with E-state index in [9.17, 15) is 9.59 Å². The van der Waals surface area contributed by atoms with Gasteiger partial charge in [0, 0.05) is 16.1 Å². The van der Waals surface area contributed by atoms with Crippen molar-refractivity contribution >= 4 is 57.0 Å². The molecule has 2 aromatic rings. The summed E-state index contributed by atoms with van der Waals surface area (Å²) in [5.41, 5.74) is 5.19. The van der Waals surface area contributed by atoms with Crippen LogP contribution in [0.4, 0.5) is 0 Å². The molecular weight excluding hydrogens is 431 g/mol. The number of benzene rings is 2. The fraction of sp³-hybridized carbons (Fsp3) is 0.0588. The summed E-state index contributed by atoms with van der Waals surface area (Å²) in [5, 5.41) is 1.07. The third-order valence-electron chi connectivity index (χ3n) is 2.90. The second-order valence-corrected chi connectivity index (χ2v) is 6.45. The van der Waals surface area contributed by atoms with Crippen LogP contribution in [-0.2, 0) is 9.59 Å². The number of carbonyl (C=O) groups excluding carboxylic acids is 2. The van der Waals surface area contributed by atoms with Crippen molar-refractivity contribution in [1.82, 2.24) is 10.9 Å². The van der Waals surface area contributed by atoms with Gasteiger partial charge in [-0.05, 0) is 51.8 Å². The molecule has 25 heavy (non-hydrogen) atoms. The fourth-order valence-corrected chi connectivity index (χ4v) is 2.72. The zero-order valence-electron chi connectivity index (χ0n) is 12.8. The Morgan fingerprint density at radius 3 is 2.60 bits per heavy atom. The van der Waals surface area contributed by atoms with Crippen LogP contribution < -0.4 is 15.6 Å². The van der Waals surface area contributed by atoms with Gasteiger partial charge in [-0.1, -0.05) is 41.4 Å². The molecule has 2 amide bonds. The van der Waals surface area contributed by atoms with E-state index < -0.39 is 11.8 Å². The van der Waals surface area contributed by atoms with E-state index in [4.69, 9.17) is 27.9 Å². The Balaban J connectivity index is 1.77. The number of ether oxygens (including phenoxy) is 1. The second-order valence-electron chi connectivity index (χ2n) is 4.76. The number of hydrogen-bond acceptors (Lipinski definition) is 3. The zero-order valence-corrected chi connectivity index (χ0v) is 15.9. The van der Waals surface area contributed by atoms with Crippen molar-refractivity contribution in [2.45, 2.75) is 0 Å². The van der Waals surface area contributed by atoms with Gasteiger partial charge in [-0.3, -0.25) is 20.4 Å². The lowest BCUT2D eigenvalue weighted by molar-refractivity contribution is -0.128. The Hall–Kier alpha value is -2.02. The average molecular weight is 444 g/mol. The summed E-state index contributed by atoms with van der Waals surface area (Å²) in [4.78, 5) is 23.4. The van der Waals surface area contributed by atoms with Crippen molar-refractivity contribution < 1.29 is 14.3 Å². The van der Waals surface area contributed by atoms with Crippen molar-refractivity contribution in [3.8, 4) is 5.75 Å². The Kier molecular flexibility index (Phi) is 7.31. The lowest BCUT2D eigenvalue weighted by Gasteiger charge is -2.09. The molecule has 0 fully saturated rings. The maximum atomic E-state index is 11.7. The minimum atomic E-state index is -0.513. The first-order valence-electron chi connectivity index (χ1n) is 7.05. The fourth-order valence-electron chi connectivity index (χ4n) is 1.72. The first-order valence-corrected chi connectivity index (χ1v) is 8.60. The zero-order chi connectivity index (χ0) is 18.2. The van der Waals surface area contributed by atoms with Crippen LogP contribution in [-0.4, -0.2) is 18.4 Å². The Bertz CT molecular complexity index is 812. The molecule has 0 radical (unpaired) electrons. The first-order chi connectivity index (χ1) is 12.0. The molecule has 0 bridgehead atoms. The predicted octanol–water partition coefficient (Wildman–Crippen LogP) is 4.00. The quantitative estimate of drug-likeness (QED) is 0.542. The lowest BCUT2D eigenvalue weighted by Crippen LogP contribution is -2.43. The molecule has 0 saturated heterocycles. The minimum absolute atomic E-state index is 0.269. The van der Waals surface area contributed by atoms with Crippen LogP contribution in [0, 0.1) is 0 Å². The number of rotatable bonds is 5. The van der Waals surface area contributed by atoms with Crippen LogP contribution in [0.2, 0.25) is 10.0 Å². The van der Waals surface area contributed by atoms with Crippen molar-refractivity contribution in [2.24, 2.45) is 0 Å². The molecule has 8 heteroatoms. The second kappa shape index (κ2) is 9.46. The van der Waals surface area contributed by atoms with Crippen LogP contribution in [0.5, 0.6) is 5.75 Å². The van der Waals surface area contributed by atoms with Crippen LogP contribution in [0.1, 0.15) is 5.56 Å². The smallest absolute Gasteiger partial charge is 0.276 e. The minimum Gasteiger partial charge on any atom is -0.483 e. The maximum absolute atomic E-state index is 11.7. The third-order valence-corrected chi connectivity index (χ3v) is 4.10. The third kappa shape index (κ3) is 6.42. The van der Waals surface area contributed by atoms with Crippen LogP contribution in [0.3, 0.4) is 0 Å². The molecule has 0 aromatic heterocycles. The van der Waals surface area contributed by atoms with E-state index in [1.165, 1.54) is 6.08 Å². The van der Waals surface area contributed by atoms with E-state index in [-0.39, 0.29) is 6.61 Å². The van der Waals surface area contributed by atoms with Crippen molar-refractivity contribution in [2.75, 3.05) is 6.61 Å². The van der Waals surface area contributed by atoms with Gasteiger partial charge in [0.1, 0.15) is 5.75 Å². The molecule has 130 valence electrons. The van der Waals surface area contributed by atoms with E-state index in [0.717, 1.165) is 0 Å². The number of carbonyl (C=O) groups is 2. The first kappa shape index (κ1) is 19.3. The predicted molar refractivity (Wildman–Crippen MR) is 101 cm³/mol. The van der Waals surface area contributed by atoms with Gasteiger partial charge in [-0.2, -0.15) is 0 Å². The lowest BCUT2D eigenvalue weighted by atomic mass is 10.2. The molecule has 0 aliphatic rings. The van der Waals surface area contributed by atoms with Crippen LogP contribution >= 0.6 is 39.1 Å². The molecule has 2 rings (SSSR count). The molecule has 2 N–H and O–H groups in total. The van der Waals surface area contributed by atoms with E-state index in [0.29, 0.717) is 25.8 Å². The van der Waals surface area contributed by atoms with E-state index >= 15 is 0 Å². The van der Waals surface area contributed by atoms with Gasteiger partial charge in [0.2, 0.25) is 0 Å². The normalized spacial score (nSPS) is 10.5. The molecule has 5 nitrogen and oxygen atoms in total. The topological polar surface area (TPSA) is 67.4 Å². The van der Waals surface area contributed by atoms with Crippen molar-refractivity contribution in [3.05, 3.63) is 68.6 Å². The molecule has 0 aliphatic carbocycles. The largest absolute Gasteiger partial charge is 0.483 e. The molecule has 0 aliphatic heterocycles. The molecular formula is C17H13BrCl2N2O3. The van der Waals surface area contributed by atoms with E-state index in [1.54, 1.807) is 48.5 Å². The molecule has 0 heterocycles. The number of nitrogens with one attached hydrogen (secondary N) is 2. The van der Waals surface area contributed by atoms with Gasteiger partial charge in [0.05, 0.1) is 4.47 Å². The summed E-state index contributed by atoms with van der Waals surface area (Å²) in [5.74, 6) is -0.549. The standard InChI is InChI=1S/C17H13BrCl2N2O3/c18-13-9-12(19)6-7-15(13)25-10-17(24)22-21-16(23)8-5-11-3-1-2-4-14(11)20/h1-9H,10H2,(H,21,23)(H,22,24)/b8-5+. The van der Waals surface area contributed by atoms with Gasteiger partial charge in [-0.15, -0.1) is 0 Å². The van der Waals surface area contributed by atoms with Crippen molar-refractivity contribution in [3.63, 3.8) is 0 Å². The molecule has 0 saturated carbocycles. The molecule has 0 atom stereocenters. The van der Waals surface area contributed by atoms with Gasteiger partial charge < -0.3 is 4.74 Å². The monoisotopic (exact) mass is 442 g/mol. The Morgan fingerprint density at radius 2 is 1.88 bits per heavy atom. The highest BCUT2D eigenvalue weighted by Gasteiger charge is 2.07. The summed E-state index contributed by atoms with van der Waals surface area (Å²) >= 11 is 15.1. The average Bonchev–Trinajstić information content (AvgIpc) is 2.58. The van der Waals surface area contributed by atoms with E-state index in [2.05, 4.69) is 26.8 Å².